The Bertz CT molecular complexity index is 2270. The number of fused-ring (bicyclic) bond motifs is 5. The van der Waals surface area contributed by atoms with Crippen molar-refractivity contribution in [2.45, 2.75) is 45.2 Å². The first-order chi connectivity index (χ1) is 22.4. The van der Waals surface area contributed by atoms with Crippen LogP contribution in [-0.4, -0.2) is 54.6 Å². The summed E-state index contributed by atoms with van der Waals surface area (Å²) in [6.07, 6.45) is 6.38. The number of H-pyrrole nitrogens is 1. The molecular formula is C37H36N6O3. The number of rotatable bonds is 6. The third-order valence-corrected chi connectivity index (χ3v) is 10.8. The molecule has 2 bridgehead atoms. The second kappa shape index (κ2) is 10.0. The van der Waals surface area contributed by atoms with Gasteiger partial charge in [-0.1, -0.05) is 13.0 Å². The third kappa shape index (κ3) is 4.13. The van der Waals surface area contributed by atoms with E-state index in [1.54, 1.807) is 19.4 Å². The van der Waals surface area contributed by atoms with Crippen LogP contribution in [0.1, 0.15) is 43.0 Å². The molecule has 1 N–H and O–H groups in total. The van der Waals surface area contributed by atoms with Crippen LogP contribution in [0.5, 0.6) is 5.75 Å². The topological polar surface area (TPSA) is 98.0 Å². The van der Waals surface area contributed by atoms with Crippen LogP contribution < -0.4 is 10.2 Å². The molecule has 9 nitrogen and oxygen atoms in total. The van der Waals surface area contributed by atoms with Crippen LogP contribution in [0.15, 0.2) is 65.6 Å². The number of hydrogen-bond donors (Lipinski definition) is 1. The number of amides is 1. The van der Waals surface area contributed by atoms with Gasteiger partial charge >= 0.3 is 0 Å². The molecule has 9 heteroatoms. The summed E-state index contributed by atoms with van der Waals surface area (Å²) in [7, 11) is 3.67. The van der Waals surface area contributed by atoms with Crippen LogP contribution in [0.25, 0.3) is 55.7 Å². The molecule has 2 unspecified atom stereocenters. The van der Waals surface area contributed by atoms with Crippen molar-refractivity contribution in [3.63, 3.8) is 0 Å². The second-order valence-corrected chi connectivity index (χ2v) is 13.6. The molecule has 3 atom stereocenters. The van der Waals surface area contributed by atoms with Gasteiger partial charge in [0, 0.05) is 65.9 Å². The number of imidazole rings is 1. The highest BCUT2D eigenvalue weighted by Gasteiger charge is 2.46. The maximum atomic E-state index is 13.8. The lowest BCUT2D eigenvalue weighted by molar-refractivity contribution is 0.0696. The lowest BCUT2D eigenvalue weighted by atomic mass is 10.0. The molecule has 46 heavy (non-hydrogen) atoms. The fourth-order valence-corrected chi connectivity index (χ4v) is 8.08. The van der Waals surface area contributed by atoms with E-state index in [1.807, 2.05) is 43.4 Å². The normalized spacial score (nSPS) is 20.8. The molecule has 3 fully saturated rings. The average molecular weight is 613 g/mol. The third-order valence-electron chi connectivity index (χ3n) is 10.8. The number of aromatic nitrogens is 5. The highest BCUT2D eigenvalue weighted by molar-refractivity contribution is 6.00. The van der Waals surface area contributed by atoms with Gasteiger partial charge < -0.3 is 23.8 Å². The summed E-state index contributed by atoms with van der Waals surface area (Å²) < 4.78 is 10.3. The first-order valence-corrected chi connectivity index (χ1v) is 16.4. The first-order valence-electron chi connectivity index (χ1n) is 16.4. The number of ether oxygens (including phenoxy) is 1. The van der Waals surface area contributed by atoms with Gasteiger partial charge in [0.05, 0.1) is 24.0 Å². The van der Waals surface area contributed by atoms with Crippen molar-refractivity contribution in [2.75, 3.05) is 13.7 Å². The Hall–Kier alpha value is -4.92. The summed E-state index contributed by atoms with van der Waals surface area (Å²) in [6.45, 7) is 3.97. The number of aryl methyl sites for hydroxylation is 1. The van der Waals surface area contributed by atoms with Crippen molar-refractivity contribution in [1.29, 1.82) is 0 Å². The number of piperidine rings is 1. The zero-order chi connectivity index (χ0) is 31.3. The number of likely N-dealkylation sites (tertiary alicyclic amines) is 1. The molecule has 1 aliphatic heterocycles. The summed E-state index contributed by atoms with van der Waals surface area (Å²) in [5.74, 6) is 3.29. The molecule has 6 aromatic rings. The molecule has 2 aromatic carbocycles. The summed E-state index contributed by atoms with van der Waals surface area (Å²) in [6, 6.07) is 17.9. The predicted molar refractivity (Wildman–Crippen MR) is 179 cm³/mol. The number of benzene rings is 2. The Balaban J connectivity index is 1.16. The van der Waals surface area contributed by atoms with Crippen molar-refractivity contribution in [3.8, 4) is 28.5 Å². The molecule has 232 valence electrons. The molecular weight excluding hydrogens is 576 g/mol. The Morgan fingerprint density at radius 1 is 1.02 bits per heavy atom. The molecule has 2 saturated carbocycles. The highest BCUT2D eigenvalue weighted by Crippen LogP contribution is 2.44. The molecule has 1 amide bonds. The summed E-state index contributed by atoms with van der Waals surface area (Å²) in [4.78, 5) is 41.9. The lowest BCUT2D eigenvalue weighted by Crippen LogP contribution is -2.38. The van der Waals surface area contributed by atoms with Gasteiger partial charge in [0.25, 0.3) is 5.91 Å². The molecule has 4 aromatic heterocycles. The fraction of sp³-hybridized carbons (Fsp3) is 0.351. The average Bonchev–Trinajstić information content (AvgIpc) is 3.48. The van der Waals surface area contributed by atoms with Crippen LogP contribution in [0.4, 0.5) is 0 Å². The minimum Gasteiger partial charge on any atom is -0.494 e. The number of hydrogen-bond acceptors (Lipinski definition) is 5. The second-order valence-electron chi connectivity index (χ2n) is 13.6. The SMILES string of the molecule is COc1cc(C(=O)N2CC3CCC2[C@@H]3C)cc2nc(-c3cc4ccc(-c5ccc6[nH]ccc(=O)c6c5)nc4n3CC3CC3)n(C)c12. The van der Waals surface area contributed by atoms with E-state index in [9.17, 15) is 9.59 Å². The fourth-order valence-electron chi connectivity index (χ4n) is 8.08. The van der Waals surface area contributed by atoms with E-state index in [0.717, 1.165) is 69.9 Å². The number of nitrogens with one attached hydrogen (secondary N) is 1. The van der Waals surface area contributed by atoms with Gasteiger partial charge in [-0.15, -0.1) is 0 Å². The van der Waals surface area contributed by atoms with Gasteiger partial charge in [0.2, 0.25) is 0 Å². The zero-order valence-corrected chi connectivity index (χ0v) is 26.3. The standard InChI is InChI=1S/C37H36N6O3/c1-20-24-8-11-30(20)43(19-24)37(45)25-15-29-34(33(17-25)46-3)41(2)36(40-29)31-16-23-7-9-27(39-35(23)42(31)18-21-4-5-21)22-6-10-28-26(14-22)32(44)12-13-38-28/h6-7,9-10,12-17,20-21,24,30H,4-5,8,11,18-19H2,1-3H3,(H,38,44)/t20-,24?,30?/m1/s1. The van der Waals surface area contributed by atoms with Crippen LogP contribution in [0.2, 0.25) is 0 Å². The van der Waals surface area contributed by atoms with Gasteiger partial charge in [-0.25, -0.2) is 9.97 Å². The number of nitrogens with zero attached hydrogens (tertiary/aromatic N) is 5. The van der Waals surface area contributed by atoms with E-state index in [1.165, 1.54) is 19.3 Å². The van der Waals surface area contributed by atoms with Gasteiger partial charge in [0.15, 0.2) is 11.3 Å². The van der Waals surface area contributed by atoms with E-state index < -0.39 is 0 Å². The first kappa shape index (κ1) is 27.4. The number of pyridine rings is 2. The molecule has 9 rings (SSSR count). The highest BCUT2D eigenvalue weighted by atomic mass is 16.5. The Morgan fingerprint density at radius 2 is 1.89 bits per heavy atom. The van der Waals surface area contributed by atoms with E-state index in [2.05, 4.69) is 38.1 Å². The van der Waals surface area contributed by atoms with Gasteiger partial charge in [-0.3, -0.25) is 9.59 Å². The monoisotopic (exact) mass is 612 g/mol. The van der Waals surface area contributed by atoms with Crippen molar-refractivity contribution in [1.82, 2.24) is 29.0 Å². The molecule has 2 aliphatic carbocycles. The van der Waals surface area contributed by atoms with Crippen LogP contribution in [-0.2, 0) is 13.6 Å². The van der Waals surface area contributed by atoms with Crippen LogP contribution >= 0.6 is 0 Å². The Kier molecular flexibility index (Phi) is 5.98. The van der Waals surface area contributed by atoms with Gasteiger partial charge in [-0.2, -0.15) is 0 Å². The zero-order valence-electron chi connectivity index (χ0n) is 26.3. The molecule has 5 heterocycles. The van der Waals surface area contributed by atoms with Crippen molar-refractivity contribution < 1.29 is 9.53 Å². The predicted octanol–water partition coefficient (Wildman–Crippen LogP) is 6.39. The van der Waals surface area contributed by atoms with Crippen molar-refractivity contribution in [3.05, 3.63) is 76.6 Å². The Labute approximate surface area is 265 Å². The minimum atomic E-state index is -0.0135. The van der Waals surface area contributed by atoms with E-state index in [-0.39, 0.29) is 11.3 Å². The van der Waals surface area contributed by atoms with E-state index in [4.69, 9.17) is 14.7 Å². The lowest BCUT2D eigenvalue weighted by Gasteiger charge is -2.27. The number of carbonyl (C=O) groups excluding carboxylic acids is 1. The smallest absolute Gasteiger partial charge is 0.254 e. The Morgan fingerprint density at radius 3 is 2.65 bits per heavy atom. The van der Waals surface area contributed by atoms with Crippen molar-refractivity contribution >= 4 is 38.9 Å². The molecule has 0 spiro atoms. The minimum absolute atomic E-state index is 0.0135. The summed E-state index contributed by atoms with van der Waals surface area (Å²) >= 11 is 0. The van der Waals surface area contributed by atoms with E-state index in [0.29, 0.717) is 40.5 Å². The van der Waals surface area contributed by atoms with E-state index >= 15 is 0 Å². The van der Waals surface area contributed by atoms with Crippen LogP contribution in [0, 0.1) is 17.8 Å². The van der Waals surface area contributed by atoms with Gasteiger partial charge in [0.1, 0.15) is 16.9 Å². The maximum absolute atomic E-state index is 13.8. The quantitative estimate of drug-likeness (QED) is 0.235. The number of aromatic amines is 1. The molecule has 0 radical (unpaired) electrons. The largest absolute Gasteiger partial charge is 0.494 e. The number of carbonyl (C=O) groups is 1. The van der Waals surface area contributed by atoms with Crippen molar-refractivity contribution in [2.24, 2.45) is 24.8 Å². The van der Waals surface area contributed by atoms with Gasteiger partial charge in [-0.05, 0) is 85.9 Å². The summed E-state index contributed by atoms with van der Waals surface area (Å²) in [5.41, 5.74) is 6.64. The van der Waals surface area contributed by atoms with Crippen LogP contribution in [0.3, 0.4) is 0 Å². The summed E-state index contributed by atoms with van der Waals surface area (Å²) in [5, 5.41) is 1.68. The molecule has 1 saturated heterocycles. The molecule has 3 aliphatic rings. The number of methoxy groups -OCH3 is 1. The maximum Gasteiger partial charge on any atom is 0.254 e.